The number of nitrogens with zero attached hydrogens (tertiary/aromatic N) is 1. The molecule has 2 atom stereocenters. The minimum Gasteiger partial charge on any atom is -0.875 e. The van der Waals surface area contributed by atoms with Crippen molar-refractivity contribution in [3.63, 3.8) is 0 Å². The van der Waals surface area contributed by atoms with E-state index in [1.165, 1.54) is 6.42 Å². The number of carbonyl (C=O) groups is 1. The Morgan fingerprint density at radius 2 is 1.85 bits per heavy atom. The number of benzene rings is 3. The van der Waals surface area contributed by atoms with Crippen LogP contribution in [0.15, 0.2) is 102 Å². The molecule has 2 aliphatic heterocycles. The average molecular weight is 647 g/mol. The van der Waals surface area contributed by atoms with Crippen LogP contribution in [0.5, 0.6) is 17.2 Å². The van der Waals surface area contributed by atoms with Gasteiger partial charge in [-0.2, -0.15) is 0 Å². The molecule has 250 valence electrons. The maximum atomic E-state index is 13.3. The molecule has 0 aliphatic carbocycles. The molecule has 48 heavy (non-hydrogen) atoms. The lowest BCUT2D eigenvalue weighted by atomic mass is 9.83. The van der Waals surface area contributed by atoms with Crippen molar-refractivity contribution >= 4 is 18.1 Å². The van der Waals surface area contributed by atoms with Crippen LogP contribution in [0.3, 0.4) is 0 Å². The van der Waals surface area contributed by atoms with Gasteiger partial charge in [-0.25, -0.2) is 0 Å². The van der Waals surface area contributed by atoms with Crippen LogP contribution < -0.4 is 20.9 Å². The zero-order valence-corrected chi connectivity index (χ0v) is 27.4. The highest BCUT2D eigenvalue weighted by Crippen LogP contribution is 2.38. The van der Waals surface area contributed by atoms with Crippen LogP contribution in [-0.2, 0) is 17.6 Å². The van der Waals surface area contributed by atoms with Gasteiger partial charge < -0.3 is 31.1 Å². The van der Waals surface area contributed by atoms with Gasteiger partial charge in [0.1, 0.15) is 11.9 Å². The fourth-order valence-electron chi connectivity index (χ4n) is 5.96. The summed E-state index contributed by atoms with van der Waals surface area (Å²) in [5, 5.41) is 37.9. The minimum absolute atomic E-state index is 0.0317. The molecule has 2 aliphatic rings. The van der Waals surface area contributed by atoms with Gasteiger partial charge in [0.2, 0.25) is 0 Å². The number of aromatic hydroxyl groups is 2. The van der Waals surface area contributed by atoms with Crippen LogP contribution in [0, 0.1) is 0 Å². The van der Waals surface area contributed by atoms with E-state index in [1.54, 1.807) is 48.8 Å². The smallest absolute Gasteiger partial charge is 0.161 e. The minimum atomic E-state index is -0.423. The van der Waals surface area contributed by atoms with E-state index in [2.05, 4.69) is 17.2 Å². The highest BCUT2D eigenvalue weighted by molar-refractivity contribution is 5.89. The summed E-state index contributed by atoms with van der Waals surface area (Å²) in [5.74, 6) is 0.0781. The second-order valence-electron chi connectivity index (χ2n) is 12.3. The lowest BCUT2D eigenvalue weighted by molar-refractivity contribution is -0.307. The summed E-state index contributed by atoms with van der Waals surface area (Å²) in [5.41, 5.74) is 12.0. The number of aliphatic imine (C=N–C) groups is 1. The van der Waals surface area contributed by atoms with Gasteiger partial charge in [-0.1, -0.05) is 62.2 Å². The Kier molecular flexibility index (Phi) is 11.9. The fourth-order valence-corrected chi connectivity index (χ4v) is 5.96. The Morgan fingerprint density at radius 3 is 2.65 bits per heavy atom. The number of ether oxygens (including phenoxy) is 1. The summed E-state index contributed by atoms with van der Waals surface area (Å²) in [6, 6.07) is 16.5. The van der Waals surface area contributed by atoms with Crippen molar-refractivity contribution in [1.82, 2.24) is 5.32 Å². The number of aryl methyl sites for hydroxylation is 1. The predicted molar refractivity (Wildman–Crippen MR) is 189 cm³/mol. The first-order valence-corrected chi connectivity index (χ1v) is 16.7. The molecule has 8 nitrogen and oxygen atoms in total. The number of phenolic OH excluding ortho intramolecular Hbond substituents is 2. The SMILES string of the molecule is CCCCCC=CC(=O)CCc1ccc(O)c(OCCc2ccc(O)c(C(CC([O-])=C3C=CN=C3)c3ccc4c(c3)C=CNC4N)c2)c1. The molecule has 2 unspecified atom stereocenters. The molecule has 0 bridgehead atoms. The van der Waals surface area contributed by atoms with Crippen molar-refractivity contribution in [3.05, 3.63) is 130 Å². The first kappa shape index (κ1) is 34.3. The number of unbranched alkanes of at least 4 members (excludes halogenated alkanes) is 3. The van der Waals surface area contributed by atoms with E-state index >= 15 is 0 Å². The van der Waals surface area contributed by atoms with Crippen molar-refractivity contribution in [3.8, 4) is 17.2 Å². The number of nitrogens with one attached hydrogen (secondary N) is 1. The Balaban J connectivity index is 1.28. The third-order valence-corrected chi connectivity index (χ3v) is 8.73. The number of fused-ring (bicyclic) bond motifs is 1. The maximum absolute atomic E-state index is 13.3. The summed E-state index contributed by atoms with van der Waals surface area (Å²) in [7, 11) is 0. The lowest BCUT2D eigenvalue weighted by Gasteiger charge is -2.27. The molecule has 2 heterocycles. The second-order valence-corrected chi connectivity index (χ2v) is 12.3. The molecule has 0 aromatic heterocycles. The van der Waals surface area contributed by atoms with E-state index in [1.807, 2.05) is 48.7 Å². The number of phenols is 2. The number of carbonyl (C=O) groups excluding carboxylic acids is 1. The van der Waals surface area contributed by atoms with Gasteiger partial charge in [0.15, 0.2) is 17.3 Å². The van der Waals surface area contributed by atoms with Gasteiger partial charge in [-0.15, -0.1) is 5.76 Å². The van der Waals surface area contributed by atoms with Crippen LogP contribution in [0.4, 0.5) is 0 Å². The van der Waals surface area contributed by atoms with Gasteiger partial charge in [0.25, 0.3) is 0 Å². The summed E-state index contributed by atoms with van der Waals surface area (Å²) in [6.07, 6.45) is 17.8. The van der Waals surface area contributed by atoms with Gasteiger partial charge >= 0.3 is 0 Å². The zero-order chi connectivity index (χ0) is 33.9. The Morgan fingerprint density at radius 1 is 1.04 bits per heavy atom. The molecule has 3 aromatic rings. The molecule has 8 heteroatoms. The lowest BCUT2D eigenvalue weighted by Crippen LogP contribution is -2.27. The monoisotopic (exact) mass is 646 g/mol. The zero-order valence-electron chi connectivity index (χ0n) is 27.4. The molecule has 0 fully saturated rings. The van der Waals surface area contributed by atoms with Crippen molar-refractivity contribution in [2.75, 3.05) is 6.61 Å². The van der Waals surface area contributed by atoms with Crippen molar-refractivity contribution in [2.45, 2.75) is 70.4 Å². The summed E-state index contributed by atoms with van der Waals surface area (Å²) < 4.78 is 5.99. The normalized spacial score (nSPS) is 16.6. The Bertz CT molecular complexity index is 1740. The Labute approximate surface area is 282 Å². The van der Waals surface area contributed by atoms with Crippen LogP contribution in [-0.4, -0.2) is 28.8 Å². The summed E-state index contributed by atoms with van der Waals surface area (Å²) >= 11 is 0. The summed E-state index contributed by atoms with van der Waals surface area (Å²) in [4.78, 5) is 16.3. The van der Waals surface area contributed by atoms with Crippen molar-refractivity contribution < 1.29 is 24.9 Å². The van der Waals surface area contributed by atoms with E-state index < -0.39 is 5.92 Å². The van der Waals surface area contributed by atoms with Gasteiger partial charge in [0.05, 0.1) is 6.61 Å². The molecular formula is C40H44N3O5-. The molecule has 3 aromatic carbocycles. The third kappa shape index (κ3) is 9.04. The van der Waals surface area contributed by atoms with E-state index in [0.29, 0.717) is 36.1 Å². The number of hydrogen-bond donors (Lipinski definition) is 4. The topological polar surface area (TPSA) is 140 Å². The standard InChI is InChI=1S/C40H45N3O5/c1-2-3-4-5-6-7-32(44)12-8-27-10-15-37(46)39(23-27)48-21-18-28-9-14-36(45)35(22-28)34(25-38(47)31-16-19-42-26-31)29-11-13-33-30(24-29)17-20-43-40(33)41/h6-7,9-11,13-17,19-20,22-24,26,34,40,43,45-47H,2-5,8,12,18,21,25,41H2,1H3/p-1. The molecular weight excluding hydrogens is 602 g/mol. The third-order valence-electron chi connectivity index (χ3n) is 8.73. The van der Waals surface area contributed by atoms with Crippen LogP contribution >= 0.6 is 0 Å². The van der Waals surface area contributed by atoms with Crippen LogP contribution in [0.2, 0.25) is 0 Å². The average Bonchev–Trinajstić information content (AvgIpc) is 3.64. The van der Waals surface area contributed by atoms with Crippen LogP contribution in [0.1, 0.15) is 90.9 Å². The fraction of sp³-hybridized carbons (Fsp3) is 0.300. The highest BCUT2D eigenvalue weighted by Gasteiger charge is 2.22. The van der Waals surface area contributed by atoms with Gasteiger partial charge in [-0.3, -0.25) is 9.79 Å². The molecule has 0 radical (unpaired) electrons. The van der Waals surface area contributed by atoms with Crippen LogP contribution in [0.25, 0.3) is 6.08 Å². The number of allylic oxidation sites excluding steroid dienone is 5. The highest BCUT2D eigenvalue weighted by atomic mass is 16.5. The van der Waals surface area contributed by atoms with E-state index in [-0.39, 0.29) is 42.2 Å². The van der Waals surface area contributed by atoms with E-state index in [4.69, 9.17) is 10.5 Å². The Hall–Kier alpha value is -5.08. The van der Waals surface area contributed by atoms with Crippen molar-refractivity contribution in [2.24, 2.45) is 10.7 Å². The number of nitrogens with two attached hydrogens (primary N) is 1. The molecule has 0 amide bonds. The van der Waals surface area contributed by atoms with Gasteiger partial charge in [0, 0.05) is 36.7 Å². The maximum Gasteiger partial charge on any atom is 0.161 e. The molecule has 0 spiro atoms. The molecule has 0 saturated carbocycles. The molecule has 5 rings (SSSR count). The number of rotatable bonds is 16. The first-order valence-electron chi connectivity index (χ1n) is 16.7. The molecule has 0 saturated heterocycles. The quantitative estimate of drug-likeness (QED) is 0.0779. The van der Waals surface area contributed by atoms with Gasteiger partial charge in [-0.05, 0) is 102 Å². The number of ketones is 1. The van der Waals surface area contributed by atoms with Crippen molar-refractivity contribution in [1.29, 1.82) is 0 Å². The van der Waals surface area contributed by atoms with E-state index in [0.717, 1.165) is 47.1 Å². The largest absolute Gasteiger partial charge is 0.875 e. The number of hydrogen-bond acceptors (Lipinski definition) is 8. The van der Waals surface area contributed by atoms with E-state index in [9.17, 15) is 20.1 Å². The first-order chi connectivity index (χ1) is 23.3. The second kappa shape index (κ2) is 16.7. The summed E-state index contributed by atoms with van der Waals surface area (Å²) in [6.45, 7) is 2.43. The molecule has 5 N–H and O–H groups in total. The predicted octanol–water partition coefficient (Wildman–Crippen LogP) is 6.62.